The summed E-state index contributed by atoms with van der Waals surface area (Å²) in [6.45, 7) is 3.78. The van der Waals surface area contributed by atoms with E-state index in [9.17, 15) is 8.42 Å². The van der Waals surface area contributed by atoms with Crippen molar-refractivity contribution >= 4 is 10.0 Å². The molecule has 2 N–H and O–H groups in total. The number of hydrogen-bond acceptors (Lipinski definition) is 5. The molecule has 1 unspecified atom stereocenters. The van der Waals surface area contributed by atoms with Crippen molar-refractivity contribution in [3.8, 4) is 0 Å². The standard InChI is InChI=1S/C16H23N5O2S/c1-2-15-19-16-9-8-13(12-21(16)20-15)17-10-11-18-24(22,23)14-6-4-3-5-7-14/h3-7,13,17-18H,2,8-12H2,1H3. The van der Waals surface area contributed by atoms with Gasteiger partial charge in [0.1, 0.15) is 5.82 Å². The van der Waals surface area contributed by atoms with Crippen molar-refractivity contribution in [3.05, 3.63) is 42.0 Å². The van der Waals surface area contributed by atoms with Gasteiger partial charge in [-0.2, -0.15) is 5.10 Å². The maximum atomic E-state index is 12.1. The molecule has 1 atom stereocenters. The van der Waals surface area contributed by atoms with Crippen LogP contribution in [0, 0.1) is 0 Å². The Kier molecular flexibility index (Phi) is 5.27. The fourth-order valence-electron chi connectivity index (χ4n) is 2.82. The van der Waals surface area contributed by atoms with Crippen LogP contribution in [-0.2, 0) is 29.4 Å². The highest BCUT2D eigenvalue weighted by atomic mass is 32.2. The highest BCUT2D eigenvalue weighted by Gasteiger charge is 2.21. The Morgan fingerprint density at radius 2 is 2.04 bits per heavy atom. The zero-order chi connectivity index (χ0) is 17.0. The molecular weight excluding hydrogens is 326 g/mol. The molecule has 1 aromatic carbocycles. The van der Waals surface area contributed by atoms with Gasteiger partial charge in [-0.05, 0) is 18.6 Å². The number of fused-ring (bicyclic) bond motifs is 1. The Balaban J connectivity index is 1.46. The van der Waals surface area contributed by atoms with Crippen LogP contribution in [0.3, 0.4) is 0 Å². The number of rotatable bonds is 7. The van der Waals surface area contributed by atoms with Gasteiger partial charge >= 0.3 is 0 Å². The summed E-state index contributed by atoms with van der Waals surface area (Å²) in [5.41, 5.74) is 0. The van der Waals surface area contributed by atoms with Gasteiger partial charge in [0.2, 0.25) is 10.0 Å². The first-order valence-corrected chi connectivity index (χ1v) is 9.77. The Morgan fingerprint density at radius 1 is 1.25 bits per heavy atom. The molecule has 0 amide bonds. The lowest BCUT2D eigenvalue weighted by Crippen LogP contribution is -2.41. The van der Waals surface area contributed by atoms with E-state index in [1.807, 2.05) is 4.68 Å². The van der Waals surface area contributed by atoms with Crippen molar-refractivity contribution < 1.29 is 8.42 Å². The SMILES string of the molecule is CCc1nc2n(n1)CC(NCCNS(=O)(=O)c1ccccc1)CC2. The second-order valence-corrected chi connectivity index (χ2v) is 7.65. The predicted molar refractivity (Wildman–Crippen MR) is 91.1 cm³/mol. The summed E-state index contributed by atoms with van der Waals surface area (Å²) in [7, 11) is -3.43. The minimum absolute atomic E-state index is 0.294. The summed E-state index contributed by atoms with van der Waals surface area (Å²) >= 11 is 0. The predicted octanol–water partition coefficient (Wildman–Crippen LogP) is 0.723. The van der Waals surface area contributed by atoms with E-state index in [2.05, 4.69) is 27.0 Å². The van der Waals surface area contributed by atoms with Crippen LogP contribution < -0.4 is 10.0 Å². The van der Waals surface area contributed by atoms with Gasteiger partial charge in [-0.15, -0.1) is 0 Å². The summed E-state index contributed by atoms with van der Waals surface area (Å²) in [6, 6.07) is 8.71. The fourth-order valence-corrected chi connectivity index (χ4v) is 3.87. The molecule has 130 valence electrons. The fraction of sp³-hybridized carbons (Fsp3) is 0.500. The van der Waals surface area contributed by atoms with Crippen LogP contribution in [0.4, 0.5) is 0 Å². The summed E-state index contributed by atoms with van der Waals surface area (Å²) < 4.78 is 28.8. The number of hydrogen-bond donors (Lipinski definition) is 2. The van der Waals surface area contributed by atoms with E-state index >= 15 is 0 Å². The summed E-state index contributed by atoms with van der Waals surface area (Å²) in [5, 5.41) is 7.88. The molecule has 0 radical (unpaired) electrons. The zero-order valence-corrected chi connectivity index (χ0v) is 14.6. The Morgan fingerprint density at radius 3 is 2.79 bits per heavy atom. The van der Waals surface area contributed by atoms with E-state index in [-0.39, 0.29) is 0 Å². The Labute approximate surface area is 142 Å². The number of benzene rings is 1. The van der Waals surface area contributed by atoms with Gasteiger partial charge in [0.15, 0.2) is 5.82 Å². The number of aromatic nitrogens is 3. The summed E-state index contributed by atoms with van der Waals surface area (Å²) in [6.07, 6.45) is 2.74. The first-order valence-electron chi connectivity index (χ1n) is 8.29. The normalized spacial score (nSPS) is 17.6. The van der Waals surface area contributed by atoms with Crippen molar-refractivity contribution in [2.75, 3.05) is 13.1 Å². The average molecular weight is 349 g/mol. The first-order chi connectivity index (χ1) is 11.6. The minimum Gasteiger partial charge on any atom is -0.311 e. The average Bonchev–Trinajstić information content (AvgIpc) is 3.02. The molecule has 8 heteroatoms. The smallest absolute Gasteiger partial charge is 0.240 e. The lowest BCUT2D eigenvalue weighted by Gasteiger charge is -2.23. The first kappa shape index (κ1) is 17.1. The van der Waals surface area contributed by atoms with Crippen LogP contribution >= 0.6 is 0 Å². The number of sulfonamides is 1. The van der Waals surface area contributed by atoms with Crippen molar-refractivity contribution in [2.45, 2.75) is 43.7 Å². The van der Waals surface area contributed by atoms with E-state index in [4.69, 9.17) is 0 Å². The van der Waals surface area contributed by atoms with Gasteiger partial charge in [-0.25, -0.2) is 22.8 Å². The molecule has 7 nitrogen and oxygen atoms in total. The summed E-state index contributed by atoms with van der Waals surface area (Å²) in [4.78, 5) is 4.79. The van der Waals surface area contributed by atoms with E-state index in [0.29, 0.717) is 24.0 Å². The lowest BCUT2D eigenvalue weighted by molar-refractivity contribution is 0.360. The number of nitrogens with zero attached hydrogens (tertiary/aromatic N) is 3. The van der Waals surface area contributed by atoms with Gasteiger partial charge in [0.25, 0.3) is 0 Å². The van der Waals surface area contributed by atoms with Gasteiger partial charge in [0.05, 0.1) is 11.4 Å². The van der Waals surface area contributed by atoms with Gasteiger partial charge < -0.3 is 5.32 Å². The molecule has 1 aromatic heterocycles. The van der Waals surface area contributed by atoms with Crippen molar-refractivity contribution in [1.82, 2.24) is 24.8 Å². The maximum absolute atomic E-state index is 12.1. The summed E-state index contributed by atoms with van der Waals surface area (Å²) in [5.74, 6) is 1.94. The zero-order valence-electron chi connectivity index (χ0n) is 13.8. The third kappa shape index (κ3) is 4.00. The second-order valence-electron chi connectivity index (χ2n) is 5.88. The van der Waals surface area contributed by atoms with Crippen LogP contribution in [0.1, 0.15) is 25.0 Å². The molecule has 2 heterocycles. The van der Waals surface area contributed by atoms with Crippen LogP contribution in [0.15, 0.2) is 35.2 Å². The van der Waals surface area contributed by atoms with Crippen LogP contribution in [-0.4, -0.2) is 42.3 Å². The highest BCUT2D eigenvalue weighted by Crippen LogP contribution is 2.13. The molecule has 0 bridgehead atoms. The molecule has 0 spiro atoms. The molecule has 2 aromatic rings. The lowest BCUT2D eigenvalue weighted by atomic mass is 10.1. The van der Waals surface area contributed by atoms with Crippen molar-refractivity contribution in [2.24, 2.45) is 0 Å². The number of nitrogens with one attached hydrogen (secondary N) is 2. The van der Waals surface area contributed by atoms with E-state index < -0.39 is 10.0 Å². The number of aryl methyl sites for hydroxylation is 2. The quantitative estimate of drug-likeness (QED) is 0.719. The van der Waals surface area contributed by atoms with Gasteiger partial charge in [0, 0.05) is 32.0 Å². The second kappa shape index (κ2) is 7.42. The molecule has 0 saturated heterocycles. The van der Waals surface area contributed by atoms with Crippen LogP contribution in [0.25, 0.3) is 0 Å². The van der Waals surface area contributed by atoms with E-state index in [0.717, 1.165) is 37.5 Å². The van der Waals surface area contributed by atoms with Crippen molar-refractivity contribution in [3.63, 3.8) is 0 Å². The Bertz CT molecular complexity index is 773. The third-order valence-electron chi connectivity index (χ3n) is 4.12. The van der Waals surface area contributed by atoms with Crippen LogP contribution in [0.2, 0.25) is 0 Å². The van der Waals surface area contributed by atoms with E-state index in [1.165, 1.54) is 0 Å². The monoisotopic (exact) mass is 349 g/mol. The molecular formula is C16H23N5O2S. The molecule has 1 aliphatic heterocycles. The van der Waals surface area contributed by atoms with Gasteiger partial charge in [-0.1, -0.05) is 25.1 Å². The topological polar surface area (TPSA) is 88.9 Å². The third-order valence-corrected chi connectivity index (χ3v) is 5.60. The molecule has 0 fully saturated rings. The molecule has 0 saturated carbocycles. The molecule has 0 aliphatic carbocycles. The molecule has 1 aliphatic rings. The van der Waals surface area contributed by atoms with Gasteiger partial charge in [-0.3, -0.25) is 0 Å². The van der Waals surface area contributed by atoms with Crippen molar-refractivity contribution in [1.29, 1.82) is 0 Å². The van der Waals surface area contributed by atoms with E-state index in [1.54, 1.807) is 30.3 Å². The maximum Gasteiger partial charge on any atom is 0.240 e. The molecule has 3 rings (SSSR count). The van der Waals surface area contributed by atoms with Crippen LogP contribution in [0.5, 0.6) is 0 Å². The highest BCUT2D eigenvalue weighted by molar-refractivity contribution is 7.89. The minimum atomic E-state index is -3.43. The Hall–Kier alpha value is -1.77. The molecule has 24 heavy (non-hydrogen) atoms. The largest absolute Gasteiger partial charge is 0.311 e.